The summed E-state index contributed by atoms with van der Waals surface area (Å²) < 4.78 is 20.5. The molecule has 5 heteroatoms. The third-order valence-corrected chi connectivity index (χ3v) is 1.68. The zero-order valence-corrected chi connectivity index (χ0v) is 8.53. The van der Waals surface area contributed by atoms with Crippen LogP contribution >= 0.6 is 0 Å². The fraction of sp³-hybridized carbons (Fsp3) is 0.889. The molecule has 0 aliphatic carbocycles. The van der Waals surface area contributed by atoms with Gasteiger partial charge in [0.05, 0.1) is 33.0 Å². The molecule has 0 aromatic heterocycles. The van der Waals surface area contributed by atoms with Gasteiger partial charge in [-0.1, -0.05) is 0 Å². The number of aliphatic imine (C=N–C) groups is 1. The molecule has 14 heavy (non-hydrogen) atoms. The van der Waals surface area contributed by atoms with Gasteiger partial charge in [0.15, 0.2) is 0 Å². The van der Waals surface area contributed by atoms with Crippen LogP contribution in [-0.2, 0) is 18.9 Å². The molecule has 0 amide bonds. The maximum atomic E-state index is 5.28. The minimum absolute atomic E-state index is 0.452. The quantitative estimate of drug-likeness (QED) is 0.525. The van der Waals surface area contributed by atoms with Gasteiger partial charge in [-0.05, 0) is 0 Å². The van der Waals surface area contributed by atoms with Gasteiger partial charge in [-0.15, -0.1) is 0 Å². The predicted octanol–water partition coefficient (Wildman–Crippen LogP) is 0.0947. The van der Waals surface area contributed by atoms with Crippen LogP contribution in [0.15, 0.2) is 4.99 Å². The fourth-order valence-corrected chi connectivity index (χ4v) is 0.988. The van der Waals surface area contributed by atoms with Gasteiger partial charge in [0.2, 0.25) is 5.90 Å². The average Bonchev–Trinajstić information content (AvgIpc) is 2.69. The number of hydrogen-bond acceptors (Lipinski definition) is 5. The Labute approximate surface area is 84.0 Å². The van der Waals surface area contributed by atoms with E-state index in [1.807, 2.05) is 0 Å². The lowest BCUT2D eigenvalue weighted by atomic mass is 10.7. The van der Waals surface area contributed by atoms with Crippen molar-refractivity contribution in [1.29, 1.82) is 0 Å². The Morgan fingerprint density at radius 3 is 2.71 bits per heavy atom. The molecular weight excluding hydrogens is 186 g/mol. The van der Waals surface area contributed by atoms with E-state index in [4.69, 9.17) is 18.9 Å². The molecule has 82 valence electrons. The average molecular weight is 203 g/mol. The van der Waals surface area contributed by atoms with Crippen LogP contribution in [0.3, 0.4) is 0 Å². The molecule has 1 heterocycles. The highest BCUT2D eigenvalue weighted by Gasteiger charge is 2.05. The molecule has 0 spiro atoms. The summed E-state index contributed by atoms with van der Waals surface area (Å²) in [6, 6.07) is 0. The Hall–Kier alpha value is -0.650. The number of nitrogens with zero attached hydrogens (tertiary/aromatic N) is 1. The van der Waals surface area contributed by atoms with Gasteiger partial charge < -0.3 is 18.9 Å². The van der Waals surface area contributed by atoms with E-state index in [1.165, 1.54) is 0 Å². The summed E-state index contributed by atoms with van der Waals surface area (Å²) in [6.45, 7) is 4.26. The molecule has 0 aromatic carbocycles. The molecule has 0 unspecified atom stereocenters. The van der Waals surface area contributed by atoms with Gasteiger partial charge in [-0.25, -0.2) is 0 Å². The van der Waals surface area contributed by atoms with Crippen molar-refractivity contribution in [2.75, 3.05) is 53.3 Å². The smallest absolute Gasteiger partial charge is 0.210 e. The summed E-state index contributed by atoms with van der Waals surface area (Å²) in [4.78, 5) is 4.09. The van der Waals surface area contributed by atoms with Crippen LogP contribution in [-0.4, -0.2) is 59.2 Å². The van der Waals surface area contributed by atoms with Crippen molar-refractivity contribution in [2.24, 2.45) is 4.99 Å². The van der Waals surface area contributed by atoms with Crippen LogP contribution in [0.5, 0.6) is 0 Å². The Kier molecular flexibility index (Phi) is 6.30. The normalized spacial score (nSPS) is 15.4. The van der Waals surface area contributed by atoms with E-state index in [0.717, 1.165) is 6.54 Å². The third kappa shape index (κ3) is 5.16. The number of rotatable bonds is 8. The molecule has 1 aliphatic rings. The van der Waals surface area contributed by atoms with Crippen LogP contribution in [0.4, 0.5) is 0 Å². The first-order valence-electron chi connectivity index (χ1n) is 4.74. The summed E-state index contributed by atoms with van der Waals surface area (Å²) in [5, 5.41) is 0. The second kappa shape index (κ2) is 7.73. The Balaban J connectivity index is 1.80. The zero-order chi connectivity index (χ0) is 10.1. The third-order valence-electron chi connectivity index (χ3n) is 1.68. The van der Waals surface area contributed by atoms with E-state index in [2.05, 4.69) is 4.99 Å². The van der Waals surface area contributed by atoms with E-state index in [0.29, 0.717) is 45.5 Å². The maximum Gasteiger partial charge on any atom is 0.210 e. The molecule has 1 aliphatic heterocycles. The molecule has 0 saturated heterocycles. The van der Waals surface area contributed by atoms with Gasteiger partial charge in [0, 0.05) is 7.11 Å². The first-order chi connectivity index (χ1) is 6.93. The lowest BCUT2D eigenvalue weighted by Crippen LogP contribution is -2.13. The SMILES string of the molecule is COCCOCCOCC1=NCCO1. The molecular formula is C9H17NO4. The number of ether oxygens (including phenoxy) is 4. The number of methoxy groups -OCH3 is 1. The molecule has 0 saturated carbocycles. The first kappa shape index (κ1) is 11.4. The summed E-state index contributed by atoms with van der Waals surface area (Å²) in [7, 11) is 1.65. The van der Waals surface area contributed by atoms with Crippen molar-refractivity contribution in [1.82, 2.24) is 0 Å². The Bertz CT molecular complexity index is 172. The summed E-state index contributed by atoms with van der Waals surface area (Å²) >= 11 is 0. The van der Waals surface area contributed by atoms with E-state index in [9.17, 15) is 0 Å². The van der Waals surface area contributed by atoms with Crippen LogP contribution in [0.25, 0.3) is 0 Å². The van der Waals surface area contributed by atoms with Crippen molar-refractivity contribution in [3.63, 3.8) is 0 Å². The van der Waals surface area contributed by atoms with E-state index in [-0.39, 0.29) is 0 Å². The molecule has 0 N–H and O–H groups in total. The molecule has 0 fully saturated rings. The van der Waals surface area contributed by atoms with E-state index >= 15 is 0 Å². The molecule has 1 rings (SSSR count). The molecule has 0 bridgehead atoms. The minimum Gasteiger partial charge on any atom is -0.477 e. The van der Waals surface area contributed by atoms with Gasteiger partial charge >= 0.3 is 0 Å². The van der Waals surface area contributed by atoms with Crippen molar-refractivity contribution in [3.05, 3.63) is 0 Å². The standard InChI is InChI=1S/C9H17NO4/c1-11-4-5-12-6-7-13-8-9-10-2-3-14-9/h2-8H2,1H3. The fourth-order valence-electron chi connectivity index (χ4n) is 0.988. The zero-order valence-electron chi connectivity index (χ0n) is 8.53. The van der Waals surface area contributed by atoms with Crippen LogP contribution in [0.2, 0.25) is 0 Å². The van der Waals surface area contributed by atoms with Gasteiger partial charge in [0.1, 0.15) is 13.2 Å². The lowest BCUT2D eigenvalue weighted by Gasteiger charge is -2.05. The maximum absolute atomic E-state index is 5.28. The second-order valence-corrected chi connectivity index (χ2v) is 2.78. The monoisotopic (exact) mass is 203 g/mol. The molecule has 0 radical (unpaired) electrons. The highest BCUT2D eigenvalue weighted by atomic mass is 16.6. The molecule has 0 aromatic rings. The Morgan fingerprint density at radius 1 is 1.21 bits per heavy atom. The number of hydrogen-bond donors (Lipinski definition) is 0. The largest absolute Gasteiger partial charge is 0.477 e. The Morgan fingerprint density at radius 2 is 2.00 bits per heavy atom. The van der Waals surface area contributed by atoms with Crippen molar-refractivity contribution >= 4 is 5.90 Å². The topological polar surface area (TPSA) is 49.3 Å². The van der Waals surface area contributed by atoms with Crippen LogP contribution in [0.1, 0.15) is 0 Å². The van der Waals surface area contributed by atoms with Crippen LogP contribution < -0.4 is 0 Å². The highest BCUT2D eigenvalue weighted by Crippen LogP contribution is 1.94. The first-order valence-corrected chi connectivity index (χ1v) is 4.74. The van der Waals surface area contributed by atoms with Crippen molar-refractivity contribution in [3.8, 4) is 0 Å². The lowest BCUT2D eigenvalue weighted by molar-refractivity contribution is 0.0312. The van der Waals surface area contributed by atoms with E-state index < -0.39 is 0 Å². The predicted molar refractivity (Wildman–Crippen MR) is 51.8 cm³/mol. The summed E-state index contributed by atoms with van der Waals surface area (Å²) in [6.07, 6.45) is 0. The van der Waals surface area contributed by atoms with Gasteiger partial charge in [-0.3, -0.25) is 4.99 Å². The van der Waals surface area contributed by atoms with Gasteiger partial charge in [0.25, 0.3) is 0 Å². The minimum atomic E-state index is 0.452. The van der Waals surface area contributed by atoms with Gasteiger partial charge in [-0.2, -0.15) is 0 Å². The van der Waals surface area contributed by atoms with E-state index in [1.54, 1.807) is 7.11 Å². The summed E-state index contributed by atoms with van der Waals surface area (Å²) in [5.74, 6) is 0.696. The second-order valence-electron chi connectivity index (χ2n) is 2.78. The van der Waals surface area contributed by atoms with Crippen LogP contribution in [0, 0.1) is 0 Å². The highest BCUT2D eigenvalue weighted by molar-refractivity contribution is 5.78. The van der Waals surface area contributed by atoms with Crippen molar-refractivity contribution in [2.45, 2.75) is 0 Å². The molecule has 0 atom stereocenters. The summed E-state index contributed by atoms with van der Waals surface area (Å²) in [5.41, 5.74) is 0. The molecule has 5 nitrogen and oxygen atoms in total. The van der Waals surface area contributed by atoms with Crippen molar-refractivity contribution < 1.29 is 18.9 Å².